The van der Waals surface area contributed by atoms with Crippen molar-refractivity contribution >= 4 is 23.4 Å². The molecule has 0 aliphatic rings. The standard InChI is InChI=1S/C17H23ClN6O4/c1-17(2,3)28-16(26)20-8-9-27-13-7-5-6-12(22-13)24-15(25)14(18)11(10-21-24)23(4)19/h5-7,10H,8-9,19H2,1-4H3,(H,20,26). The smallest absolute Gasteiger partial charge is 0.407 e. The number of amides is 1. The summed E-state index contributed by atoms with van der Waals surface area (Å²) in [6.45, 7) is 5.72. The van der Waals surface area contributed by atoms with E-state index in [1.165, 1.54) is 11.2 Å². The quantitative estimate of drug-likeness (QED) is 0.417. The van der Waals surface area contributed by atoms with Gasteiger partial charge in [-0.05, 0) is 26.8 Å². The number of halogens is 1. The van der Waals surface area contributed by atoms with Gasteiger partial charge < -0.3 is 19.8 Å². The van der Waals surface area contributed by atoms with Crippen molar-refractivity contribution in [2.45, 2.75) is 26.4 Å². The van der Waals surface area contributed by atoms with Crippen LogP contribution in [0.1, 0.15) is 20.8 Å². The molecule has 28 heavy (non-hydrogen) atoms. The summed E-state index contributed by atoms with van der Waals surface area (Å²) in [4.78, 5) is 28.2. The lowest BCUT2D eigenvalue weighted by atomic mass is 10.2. The third-order valence-corrected chi connectivity index (χ3v) is 3.58. The maximum Gasteiger partial charge on any atom is 0.407 e. The first kappa shape index (κ1) is 21.5. The van der Waals surface area contributed by atoms with Crippen molar-refractivity contribution in [1.82, 2.24) is 20.1 Å². The maximum atomic E-state index is 12.4. The zero-order chi connectivity index (χ0) is 20.9. The van der Waals surface area contributed by atoms with Crippen LogP contribution >= 0.6 is 11.6 Å². The van der Waals surface area contributed by atoms with Gasteiger partial charge in [-0.3, -0.25) is 4.79 Å². The molecule has 0 aliphatic heterocycles. The SMILES string of the molecule is CN(N)c1cnn(-c2cccc(OCCNC(=O)OC(C)(C)C)n2)c(=O)c1Cl. The van der Waals surface area contributed by atoms with Gasteiger partial charge >= 0.3 is 6.09 Å². The van der Waals surface area contributed by atoms with Gasteiger partial charge in [-0.1, -0.05) is 17.7 Å². The van der Waals surface area contributed by atoms with Crippen LogP contribution in [0.2, 0.25) is 5.02 Å². The number of hydrogen-bond acceptors (Lipinski definition) is 8. The number of carbonyl (C=O) groups excluding carboxylic acids is 1. The number of aromatic nitrogens is 3. The summed E-state index contributed by atoms with van der Waals surface area (Å²) in [5, 5.41) is 7.73. The molecule has 2 aromatic heterocycles. The molecule has 3 N–H and O–H groups in total. The summed E-state index contributed by atoms with van der Waals surface area (Å²) in [7, 11) is 1.55. The van der Waals surface area contributed by atoms with Crippen molar-refractivity contribution in [3.05, 3.63) is 39.8 Å². The lowest BCUT2D eigenvalue weighted by molar-refractivity contribution is 0.0520. The van der Waals surface area contributed by atoms with Crippen molar-refractivity contribution in [3.8, 4) is 11.7 Å². The van der Waals surface area contributed by atoms with Crippen LogP contribution in [0.5, 0.6) is 5.88 Å². The molecule has 0 atom stereocenters. The molecule has 0 saturated heterocycles. The highest BCUT2D eigenvalue weighted by atomic mass is 35.5. The van der Waals surface area contributed by atoms with Crippen molar-refractivity contribution in [3.63, 3.8) is 0 Å². The lowest BCUT2D eigenvalue weighted by Crippen LogP contribution is -2.34. The van der Waals surface area contributed by atoms with E-state index >= 15 is 0 Å². The van der Waals surface area contributed by atoms with Crippen LogP contribution in [0, 0.1) is 0 Å². The Hall–Kier alpha value is -2.85. The van der Waals surface area contributed by atoms with Crippen molar-refractivity contribution in [1.29, 1.82) is 0 Å². The number of anilines is 1. The molecule has 0 fully saturated rings. The number of ether oxygens (including phenoxy) is 2. The fourth-order valence-corrected chi connectivity index (χ4v) is 2.32. The second kappa shape index (κ2) is 8.89. The van der Waals surface area contributed by atoms with E-state index in [0.717, 1.165) is 4.68 Å². The third kappa shape index (κ3) is 5.83. The monoisotopic (exact) mass is 410 g/mol. The third-order valence-electron chi connectivity index (χ3n) is 3.23. The topological polar surface area (TPSA) is 125 Å². The Kier molecular flexibility index (Phi) is 6.81. The van der Waals surface area contributed by atoms with E-state index in [2.05, 4.69) is 15.4 Å². The van der Waals surface area contributed by atoms with Gasteiger partial charge in [0.25, 0.3) is 5.56 Å². The molecule has 0 aromatic carbocycles. The van der Waals surface area contributed by atoms with Crippen LogP contribution in [-0.2, 0) is 4.74 Å². The minimum atomic E-state index is -0.573. The molecule has 0 bridgehead atoms. The molecule has 0 aliphatic carbocycles. The highest BCUT2D eigenvalue weighted by molar-refractivity contribution is 6.33. The molecule has 2 rings (SSSR count). The molecule has 0 spiro atoms. The van der Waals surface area contributed by atoms with E-state index in [-0.39, 0.29) is 29.9 Å². The molecule has 0 unspecified atom stereocenters. The molecule has 2 heterocycles. The summed E-state index contributed by atoms with van der Waals surface area (Å²) in [5.74, 6) is 6.10. The molecule has 10 nitrogen and oxygen atoms in total. The molecule has 1 amide bonds. The molecule has 0 saturated carbocycles. The average molecular weight is 411 g/mol. The van der Waals surface area contributed by atoms with Gasteiger partial charge in [0.05, 0.1) is 18.4 Å². The molecule has 2 aromatic rings. The van der Waals surface area contributed by atoms with Gasteiger partial charge in [-0.25, -0.2) is 10.6 Å². The Morgan fingerprint density at radius 1 is 1.39 bits per heavy atom. The van der Waals surface area contributed by atoms with Gasteiger partial charge in [0.2, 0.25) is 5.88 Å². The van der Waals surface area contributed by atoms with Crippen molar-refractivity contribution in [2.24, 2.45) is 5.84 Å². The second-order valence-electron chi connectivity index (χ2n) is 6.78. The van der Waals surface area contributed by atoms with Crippen LogP contribution in [0.3, 0.4) is 0 Å². The summed E-state index contributed by atoms with van der Waals surface area (Å²) in [5.41, 5.74) is -0.840. The van der Waals surface area contributed by atoms with E-state index in [1.807, 2.05) is 0 Å². The average Bonchev–Trinajstić information content (AvgIpc) is 2.59. The zero-order valence-corrected chi connectivity index (χ0v) is 16.9. The second-order valence-corrected chi connectivity index (χ2v) is 7.16. The minimum Gasteiger partial charge on any atom is -0.476 e. The number of rotatable bonds is 6. The number of hydrogen-bond donors (Lipinski definition) is 2. The van der Waals surface area contributed by atoms with E-state index < -0.39 is 17.3 Å². The number of carbonyl (C=O) groups is 1. The zero-order valence-electron chi connectivity index (χ0n) is 16.1. The molecule has 11 heteroatoms. The van der Waals surface area contributed by atoms with Crippen LogP contribution in [0.25, 0.3) is 5.82 Å². The summed E-state index contributed by atoms with van der Waals surface area (Å²) in [6.07, 6.45) is 0.831. The number of pyridine rings is 1. The van der Waals surface area contributed by atoms with Gasteiger partial charge in [0.1, 0.15) is 17.2 Å². The number of nitrogens with zero attached hydrogens (tertiary/aromatic N) is 4. The van der Waals surface area contributed by atoms with Gasteiger partial charge in [0, 0.05) is 13.1 Å². The Bertz CT molecular complexity index is 894. The summed E-state index contributed by atoms with van der Waals surface area (Å²) < 4.78 is 11.7. The minimum absolute atomic E-state index is 0.0744. The molecular weight excluding hydrogens is 388 g/mol. The Balaban J connectivity index is 2.02. The predicted molar refractivity (Wildman–Crippen MR) is 105 cm³/mol. The first-order valence-corrected chi connectivity index (χ1v) is 8.79. The number of alkyl carbamates (subject to hydrolysis) is 1. The first-order chi connectivity index (χ1) is 13.1. The fraction of sp³-hybridized carbons (Fsp3) is 0.412. The highest BCUT2D eigenvalue weighted by Crippen LogP contribution is 2.18. The van der Waals surface area contributed by atoms with Crippen LogP contribution in [0.15, 0.2) is 29.2 Å². The van der Waals surface area contributed by atoms with Gasteiger partial charge in [-0.2, -0.15) is 14.8 Å². The molecule has 0 radical (unpaired) electrons. The van der Waals surface area contributed by atoms with Crippen molar-refractivity contribution < 1.29 is 14.3 Å². The number of nitrogens with two attached hydrogens (primary N) is 1. The summed E-state index contributed by atoms with van der Waals surface area (Å²) in [6, 6.07) is 4.86. The Morgan fingerprint density at radius 2 is 2.11 bits per heavy atom. The first-order valence-electron chi connectivity index (χ1n) is 8.42. The normalized spacial score (nSPS) is 11.1. The van der Waals surface area contributed by atoms with Crippen molar-refractivity contribution in [2.75, 3.05) is 25.2 Å². The number of hydrazine groups is 1. The van der Waals surface area contributed by atoms with E-state index in [0.29, 0.717) is 5.69 Å². The van der Waals surface area contributed by atoms with Gasteiger partial charge in [0.15, 0.2) is 5.82 Å². The Labute approximate surface area is 167 Å². The van der Waals surface area contributed by atoms with Crippen LogP contribution in [0.4, 0.5) is 10.5 Å². The maximum absolute atomic E-state index is 12.4. The Morgan fingerprint density at radius 3 is 2.75 bits per heavy atom. The van der Waals surface area contributed by atoms with E-state index in [9.17, 15) is 9.59 Å². The van der Waals surface area contributed by atoms with Gasteiger partial charge in [-0.15, -0.1) is 0 Å². The molecular formula is C17H23ClN6O4. The predicted octanol–water partition coefficient (Wildman–Crippen LogP) is 1.49. The van der Waals surface area contributed by atoms with E-state index in [1.54, 1.807) is 46.0 Å². The number of nitrogens with one attached hydrogen (secondary N) is 1. The van der Waals surface area contributed by atoms with Crippen LogP contribution in [-0.4, -0.2) is 46.7 Å². The highest BCUT2D eigenvalue weighted by Gasteiger charge is 2.16. The lowest BCUT2D eigenvalue weighted by Gasteiger charge is -2.19. The molecule has 152 valence electrons. The largest absolute Gasteiger partial charge is 0.476 e. The van der Waals surface area contributed by atoms with E-state index in [4.69, 9.17) is 26.9 Å². The van der Waals surface area contributed by atoms with Crippen LogP contribution < -0.4 is 26.5 Å². The summed E-state index contributed by atoms with van der Waals surface area (Å²) >= 11 is 6.05. The fourth-order valence-electron chi connectivity index (χ4n) is 2.06.